The first-order chi connectivity index (χ1) is 70.9. The van der Waals surface area contributed by atoms with Crippen LogP contribution in [0.3, 0.4) is 0 Å². The number of benzene rings is 23. The summed E-state index contributed by atoms with van der Waals surface area (Å²) in [5.74, 6) is 0. The van der Waals surface area contributed by atoms with E-state index < -0.39 is 0 Å². The molecule has 0 unspecified atom stereocenters. The SMILES string of the molecule is c1ccc(-c2ccc(-n3c4ccccc4c4ccc(-c5ccc6c(c5)c5ccccc5n6-c5cccc6ccccc56)cc43)cc2)cc1.c1ccc(-c2ccc(-n3c4ccccc4c4ccc(-c5ccc6c(c5)c5ccccc5n6-c5ccccc5)cc43)cc2)cc1.c1ccc(-c2ccc(-n3c4ccccc4c4ccc(-c5ccc6c7ccccc7n(-c7cccc8sc9ccccc9c78)c6c5)cc43)cc2)cc1. The van der Waals surface area contributed by atoms with Gasteiger partial charge in [0.05, 0.1) is 77.6 Å². The predicted molar refractivity (Wildman–Crippen MR) is 608 cm³/mol. The third-order valence-corrected chi connectivity index (χ3v) is 30.5. The van der Waals surface area contributed by atoms with Crippen molar-refractivity contribution in [3.63, 3.8) is 0 Å². The molecular formula is C136H88N6S. The molecule has 23 aromatic carbocycles. The molecule has 0 aliphatic heterocycles. The van der Waals surface area contributed by atoms with E-state index in [4.69, 9.17) is 0 Å². The molecular weight excluding hydrogens is 1750 g/mol. The Kier molecular flexibility index (Phi) is 19.8. The second-order valence-electron chi connectivity index (χ2n) is 37.3. The average Bonchev–Trinajstić information content (AvgIpc) is 1.57. The third kappa shape index (κ3) is 13.9. The number of hydrogen-bond acceptors (Lipinski definition) is 1. The van der Waals surface area contributed by atoms with Gasteiger partial charge in [-0.3, -0.25) is 0 Å². The monoisotopic (exact) mass is 1840 g/mol. The summed E-state index contributed by atoms with van der Waals surface area (Å²) in [5, 5.41) is 20.3. The summed E-state index contributed by atoms with van der Waals surface area (Å²) in [5.41, 5.74) is 36.2. The fraction of sp³-hybridized carbons (Fsp3) is 0. The second kappa shape index (κ2) is 34.2. The summed E-state index contributed by atoms with van der Waals surface area (Å²) in [6.45, 7) is 0. The van der Waals surface area contributed by atoms with E-state index in [0.717, 1.165) is 17.1 Å². The highest BCUT2D eigenvalue weighted by molar-refractivity contribution is 7.26. The molecule has 0 saturated carbocycles. The van der Waals surface area contributed by atoms with E-state index in [-0.39, 0.29) is 0 Å². The number of thiophene rings is 1. The van der Waals surface area contributed by atoms with Gasteiger partial charge in [0.1, 0.15) is 0 Å². The topological polar surface area (TPSA) is 29.6 Å². The molecule has 0 aliphatic rings. The molecule has 143 heavy (non-hydrogen) atoms. The Morgan fingerprint density at radius 1 is 0.119 bits per heavy atom. The van der Waals surface area contributed by atoms with Gasteiger partial charge in [0, 0.05) is 113 Å². The maximum absolute atomic E-state index is 2.49. The summed E-state index contributed by atoms with van der Waals surface area (Å²) in [6, 6.07) is 194. The highest BCUT2D eigenvalue weighted by Gasteiger charge is 2.25. The molecule has 0 amide bonds. The summed E-state index contributed by atoms with van der Waals surface area (Å²) < 4.78 is 17.1. The van der Waals surface area contributed by atoms with Gasteiger partial charge in [0.15, 0.2) is 0 Å². The van der Waals surface area contributed by atoms with Crippen LogP contribution < -0.4 is 0 Å². The number of para-hydroxylation sites is 7. The van der Waals surface area contributed by atoms with Crippen LogP contribution >= 0.6 is 11.3 Å². The van der Waals surface area contributed by atoms with Crippen LogP contribution in [0.2, 0.25) is 0 Å². The zero-order valence-electron chi connectivity index (χ0n) is 77.9. The van der Waals surface area contributed by atoms with E-state index in [0.29, 0.717) is 0 Å². The van der Waals surface area contributed by atoms with Gasteiger partial charge < -0.3 is 27.4 Å². The largest absolute Gasteiger partial charge is 0.309 e. The standard InChI is InChI=1S/C48H30N2S.C46H30N2.C42H28N2/c1-2-11-31(12-3-1)32-21-25-35(26-22-32)49-41-16-7-4-13-36(41)38-27-23-33(29-44(38)49)34-24-28-39-37-14-5-8-17-42(37)50(45(39)30-34)43-18-10-20-47-48(43)40-15-6-9-19-46(40)51-47;1-2-11-31(12-3-1)32-21-25-36(26-22-32)47-43-18-8-6-16-38(43)40-27-23-35(30-46(40)47)34-24-28-45-41(29-34)39-17-7-9-19-44(39)48(45)42-20-10-14-33-13-4-5-15-37(33)42;1-3-11-29(12-4-1)30-19-23-34(24-20-30)44-39-17-9-7-15-35(39)37-25-21-32(28-42(37)44)31-22-26-41-38(27-31)36-16-8-10-18-40(36)43(41)33-13-5-2-6-14-33/h1-30H;1-30H;1-28H. The van der Waals surface area contributed by atoms with E-state index in [2.05, 4.69) is 561 Å². The van der Waals surface area contributed by atoms with Gasteiger partial charge in [-0.25, -0.2) is 0 Å². The van der Waals surface area contributed by atoms with Crippen LogP contribution in [0.15, 0.2) is 534 Å². The molecule has 0 fully saturated rings. The lowest BCUT2D eigenvalue weighted by Crippen LogP contribution is -1.95. The molecule has 668 valence electrons. The maximum Gasteiger partial charge on any atom is 0.0555 e. The molecule has 7 heterocycles. The van der Waals surface area contributed by atoms with Crippen molar-refractivity contribution in [2.24, 2.45) is 0 Å². The summed E-state index contributed by atoms with van der Waals surface area (Å²) in [6.07, 6.45) is 0. The Bertz CT molecular complexity index is 10300. The van der Waals surface area contributed by atoms with Crippen molar-refractivity contribution in [1.82, 2.24) is 27.4 Å². The van der Waals surface area contributed by atoms with Crippen LogP contribution in [0.4, 0.5) is 0 Å². The molecule has 30 aromatic rings. The minimum atomic E-state index is 1.16. The molecule has 0 saturated heterocycles. The van der Waals surface area contributed by atoms with E-state index >= 15 is 0 Å². The van der Waals surface area contributed by atoms with Crippen LogP contribution in [0.5, 0.6) is 0 Å². The number of rotatable bonds is 12. The van der Waals surface area contributed by atoms with E-state index in [1.165, 1.54) is 246 Å². The van der Waals surface area contributed by atoms with Gasteiger partial charge in [-0.05, 0) is 230 Å². The third-order valence-electron chi connectivity index (χ3n) is 29.4. The first kappa shape index (κ1) is 82.6. The number of hydrogen-bond donors (Lipinski definition) is 0. The van der Waals surface area contributed by atoms with Gasteiger partial charge in [0.2, 0.25) is 0 Å². The quantitative estimate of drug-likeness (QED) is 0.117. The Morgan fingerprint density at radius 3 is 0.762 bits per heavy atom. The Morgan fingerprint density at radius 2 is 0.357 bits per heavy atom. The lowest BCUT2D eigenvalue weighted by molar-refractivity contribution is 1.18. The molecule has 0 radical (unpaired) electrons. The Hall–Kier alpha value is -18.7. The molecule has 0 aliphatic carbocycles. The van der Waals surface area contributed by atoms with Crippen molar-refractivity contribution in [2.45, 2.75) is 0 Å². The van der Waals surface area contributed by atoms with Gasteiger partial charge in [0.25, 0.3) is 0 Å². The van der Waals surface area contributed by atoms with Crippen LogP contribution in [0.1, 0.15) is 0 Å². The van der Waals surface area contributed by atoms with Crippen molar-refractivity contribution < 1.29 is 0 Å². The minimum absolute atomic E-state index is 1.16. The van der Waals surface area contributed by atoms with Crippen LogP contribution in [0.25, 0.3) is 263 Å². The molecule has 0 bridgehead atoms. The Balaban J connectivity index is 0.000000105. The van der Waals surface area contributed by atoms with Crippen LogP contribution in [0, 0.1) is 0 Å². The number of aromatic nitrogens is 6. The second-order valence-corrected chi connectivity index (χ2v) is 38.4. The fourth-order valence-electron chi connectivity index (χ4n) is 22.8. The first-order valence-corrected chi connectivity index (χ1v) is 49.9. The molecule has 6 nitrogen and oxygen atoms in total. The van der Waals surface area contributed by atoms with Crippen molar-refractivity contribution >= 4 is 173 Å². The highest BCUT2D eigenvalue weighted by Crippen LogP contribution is 2.47. The van der Waals surface area contributed by atoms with Crippen molar-refractivity contribution in [1.29, 1.82) is 0 Å². The molecule has 0 N–H and O–H groups in total. The van der Waals surface area contributed by atoms with Gasteiger partial charge in [-0.1, -0.05) is 376 Å². The normalized spacial score (nSPS) is 11.8. The fourth-order valence-corrected chi connectivity index (χ4v) is 23.9. The zero-order valence-corrected chi connectivity index (χ0v) is 78.7. The van der Waals surface area contributed by atoms with Crippen molar-refractivity contribution in [3.05, 3.63) is 534 Å². The Labute approximate surface area is 829 Å². The summed E-state index contributed by atoms with van der Waals surface area (Å²) in [4.78, 5) is 0. The minimum Gasteiger partial charge on any atom is -0.309 e. The zero-order chi connectivity index (χ0) is 94.1. The molecule has 7 aromatic heterocycles. The summed E-state index contributed by atoms with van der Waals surface area (Å²) in [7, 11) is 0. The highest BCUT2D eigenvalue weighted by atomic mass is 32.1. The van der Waals surface area contributed by atoms with E-state index in [1.54, 1.807) is 0 Å². The van der Waals surface area contributed by atoms with Crippen LogP contribution in [-0.2, 0) is 0 Å². The lowest BCUT2D eigenvalue weighted by atomic mass is 10.0. The lowest BCUT2D eigenvalue weighted by Gasteiger charge is -2.12. The van der Waals surface area contributed by atoms with E-state index in [9.17, 15) is 0 Å². The molecule has 0 atom stereocenters. The molecule has 30 rings (SSSR count). The molecule has 0 spiro atoms. The molecule has 7 heteroatoms. The van der Waals surface area contributed by atoms with Gasteiger partial charge in [-0.15, -0.1) is 11.3 Å². The number of fused-ring (bicyclic) bond motifs is 22. The first-order valence-electron chi connectivity index (χ1n) is 49.1. The van der Waals surface area contributed by atoms with Crippen molar-refractivity contribution in [3.8, 4) is 101 Å². The maximum atomic E-state index is 2.49. The van der Waals surface area contributed by atoms with Crippen molar-refractivity contribution in [2.75, 3.05) is 0 Å². The smallest absolute Gasteiger partial charge is 0.0555 e. The van der Waals surface area contributed by atoms with Gasteiger partial charge >= 0.3 is 0 Å². The van der Waals surface area contributed by atoms with Crippen LogP contribution in [-0.4, -0.2) is 27.4 Å². The average molecular weight is 1840 g/mol. The number of nitrogens with zero attached hydrogens (tertiary/aromatic N) is 6. The predicted octanol–water partition coefficient (Wildman–Crippen LogP) is 37.2. The summed E-state index contributed by atoms with van der Waals surface area (Å²) >= 11 is 1.87. The van der Waals surface area contributed by atoms with Gasteiger partial charge in [-0.2, -0.15) is 0 Å². The van der Waals surface area contributed by atoms with E-state index in [1.807, 2.05) is 11.3 Å².